The van der Waals surface area contributed by atoms with Gasteiger partial charge in [-0.05, 0) is 42.0 Å². The smallest absolute Gasteiger partial charge is 0.479 e. The van der Waals surface area contributed by atoms with E-state index >= 15 is 0 Å². The SMILES string of the molecule is COC1=NC(=C(C#N)c2ccccc2)C=CC1=NOP(=O)(Oc1ccccc1)Oc1ccccc1. The monoisotopic (exact) mass is 485 g/mol. The van der Waals surface area contributed by atoms with Crippen LogP contribution in [0.5, 0.6) is 11.5 Å². The van der Waals surface area contributed by atoms with Crippen molar-refractivity contribution < 1.29 is 23.0 Å². The van der Waals surface area contributed by atoms with E-state index in [2.05, 4.69) is 16.2 Å². The summed E-state index contributed by atoms with van der Waals surface area (Å²) in [5.74, 6) is 0.620. The summed E-state index contributed by atoms with van der Waals surface area (Å²) in [4.78, 5) is 4.38. The highest BCUT2D eigenvalue weighted by atomic mass is 31.2. The van der Waals surface area contributed by atoms with Gasteiger partial charge in [0.15, 0.2) is 5.71 Å². The highest BCUT2D eigenvalue weighted by Gasteiger charge is 2.34. The minimum absolute atomic E-state index is 0.0668. The lowest BCUT2D eigenvalue weighted by Crippen LogP contribution is -2.18. The number of phosphoric acid groups is 1. The Morgan fingerprint density at radius 2 is 1.40 bits per heavy atom. The van der Waals surface area contributed by atoms with Crippen LogP contribution in [0.2, 0.25) is 0 Å². The Bertz CT molecular complexity index is 1330. The number of oxime groups is 1. The van der Waals surface area contributed by atoms with Crippen LogP contribution in [0.1, 0.15) is 5.56 Å². The zero-order chi connectivity index (χ0) is 24.5. The number of benzene rings is 3. The molecule has 0 unspecified atom stereocenters. The number of rotatable bonds is 7. The number of nitrogens with zero attached hydrogens (tertiary/aromatic N) is 3. The van der Waals surface area contributed by atoms with E-state index in [0.29, 0.717) is 16.8 Å². The van der Waals surface area contributed by atoms with Crippen molar-refractivity contribution in [2.75, 3.05) is 7.11 Å². The molecule has 0 N–H and O–H groups in total. The number of para-hydroxylation sites is 2. The maximum absolute atomic E-state index is 13.5. The first-order valence-electron chi connectivity index (χ1n) is 10.5. The van der Waals surface area contributed by atoms with E-state index in [1.165, 1.54) is 13.2 Å². The molecule has 0 bridgehead atoms. The van der Waals surface area contributed by atoms with Gasteiger partial charge in [0, 0.05) is 0 Å². The molecule has 0 fully saturated rings. The highest BCUT2D eigenvalue weighted by Crippen LogP contribution is 2.50. The third kappa shape index (κ3) is 6.05. The summed E-state index contributed by atoms with van der Waals surface area (Å²) in [5.41, 5.74) is 1.60. The summed E-state index contributed by atoms with van der Waals surface area (Å²) in [7, 11) is -2.85. The third-order valence-electron chi connectivity index (χ3n) is 4.62. The predicted octanol–water partition coefficient (Wildman–Crippen LogP) is 6.17. The quantitative estimate of drug-likeness (QED) is 0.225. The first-order valence-corrected chi connectivity index (χ1v) is 11.9. The van der Waals surface area contributed by atoms with E-state index in [1.54, 1.807) is 66.7 Å². The Balaban J connectivity index is 1.63. The van der Waals surface area contributed by atoms with E-state index in [4.69, 9.17) is 18.4 Å². The van der Waals surface area contributed by atoms with Crippen LogP contribution < -0.4 is 9.05 Å². The van der Waals surface area contributed by atoms with Gasteiger partial charge < -0.3 is 13.8 Å². The number of hydrogen-bond acceptors (Lipinski definition) is 8. The van der Waals surface area contributed by atoms with Crippen LogP contribution in [0.25, 0.3) is 5.57 Å². The Labute approximate surface area is 202 Å². The summed E-state index contributed by atoms with van der Waals surface area (Å²) in [6, 6.07) is 28.3. The molecular weight excluding hydrogens is 465 g/mol. The first-order chi connectivity index (χ1) is 17.1. The van der Waals surface area contributed by atoms with Gasteiger partial charge in [-0.2, -0.15) is 9.83 Å². The van der Waals surface area contributed by atoms with Crippen molar-refractivity contribution in [3.63, 3.8) is 0 Å². The van der Waals surface area contributed by atoms with Gasteiger partial charge in [-0.3, -0.25) is 4.62 Å². The van der Waals surface area contributed by atoms with Crippen molar-refractivity contribution in [3.8, 4) is 17.6 Å². The second kappa shape index (κ2) is 11.0. The molecule has 0 aliphatic carbocycles. The molecule has 0 aromatic heterocycles. The van der Waals surface area contributed by atoms with Crippen LogP contribution >= 0.6 is 7.82 Å². The number of phosphoric ester groups is 1. The maximum atomic E-state index is 13.5. The van der Waals surface area contributed by atoms with Gasteiger partial charge in [-0.25, -0.2) is 4.99 Å². The second-order valence-electron chi connectivity index (χ2n) is 7.01. The van der Waals surface area contributed by atoms with Crippen molar-refractivity contribution in [3.05, 3.63) is 114 Å². The average Bonchev–Trinajstić information content (AvgIpc) is 2.90. The average molecular weight is 485 g/mol. The van der Waals surface area contributed by atoms with Gasteiger partial charge in [-0.1, -0.05) is 71.9 Å². The van der Waals surface area contributed by atoms with Gasteiger partial charge in [0.2, 0.25) is 5.90 Å². The summed E-state index contributed by atoms with van der Waals surface area (Å²) in [6.07, 6.45) is 3.13. The molecule has 0 saturated carbocycles. The molecule has 3 aromatic carbocycles. The molecule has 9 heteroatoms. The molecule has 0 radical (unpaired) electrons. The molecule has 8 nitrogen and oxygen atoms in total. The molecule has 0 spiro atoms. The summed E-state index contributed by atoms with van der Waals surface area (Å²) >= 11 is 0. The largest absolute Gasteiger partial charge is 0.668 e. The second-order valence-corrected chi connectivity index (χ2v) is 8.43. The standard InChI is InChI=1S/C26H20N3O5P/c1-31-26-25(18-17-24(28-26)23(19-27)20-11-5-2-6-12-20)29-34-35(30,32-21-13-7-3-8-14-21)33-22-15-9-4-10-16-22/h2-18H,1H3. The van der Waals surface area contributed by atoms with Gasteiger partial charge in [-0.15, -0.1) is 0 Å². The molecule has 0 saturated heterocycles. The van der Waals surface area contributed by atoms with Crippen LogP contribution in [0, 0.1) is 11.3 Å². The van der Waals surface area contributed by atoms with Crippen molar-refractivity contribution >= 4 is 25.0 Å². The molecule has 35 heavy (non-hydrogen) atoms. The Morgan fingerprint density at radius 1 is 0.857 bits per heavy atom. The molecule has 0 atom stereocenters. The van der Waals surface area contributed by atoms with Crippen LogP contribution in [0.15, 0.2) is 119 Å². The molecule has 1 aliphatic rings. The topological polar surface area (TPSA) is 102 Å². The summed E-state index contributed by atoms with van der Waals surface area (Å²) < 4.78 is 35.2. The number of aliphatic imine (C=N–C) groups is 1. The minimum Gasteiger partial charge on any atom is -0.479 e. The van der Waals surface area contributed by atoms with Crippen molar-refractivity contribution in [1.82, 2.24) is 0 Å². The van der Waals surface area contributed by atoms with Crippen LogP contribution in [-0.2, 0) is 13.9 Å². The Morgan fingerprint density at radius 3 is 1.91 bits per heavy atom. The molecule has 1 heterocycles. The van der Waals surface area contributed by atoms with Crippen molar-refractivity contribution in [2.24, 2.45) is 10.1 Å². The van der Waals surface area contributed by atoms with Gasteiger partial charge in [0.1, 0.15) is 17.6 Å². The van der Waals surface area contributed by atoms with Crippen molar-refractivity contribution in [1.29, 1.82) is 5.26 Å². The lowest BCUT2D eigenvalue weighted by molar-refractivity contribution is 0.218. The Kier molecular flexibility index (Phi) is 7.41. The Hall–Kier alpha value is -4.60. The van der Waals surface area contributed by atoms with E-state index in [-0.39, 0.29) is 23.1 Å². The molecule has 4 rings (SSSR count). The van der Waals surface area contributed by atoms with E-state index in [1.807, 2.05) is 30.3 Å². The fraction of sp³-hybridized carbons (Fsp3) is 0.0385. The first kappa shape index (κ1) is 23.6. The molecule has 1 aliphatic heterocycles. The highest BCUT2D eigenvalue weighted by molar-refractivity contribution is 7.49. The molecule has 0 amide bonds. The number of ether oxygens (including phenoxy) is 1. The number of nitriles is 1. The van der Waals surface area contributed by atoms with Gasteiger partial charge >= 0.3 is 7.82 Å². The van der Waals surface area contributed by atoms with Gasteiger partial charge in [0.05, 0.1) is 18.4 Å². The summed E-state index contributed by atoms with van der Waals surface area (Å²) in [6.45, 7) is 0. The van der Waals surface area contributed by atoms with E-state index < -0.39 is 7.82 Å². The number of methoxy groups -OCH3 is 1. The van der Waals surface area contributed by atoms with Crippen LogP contribution in [0.4, 0.5) is 0 Å². The molecule has 174 valence electrons. The minimum atomic E-state index is -4.25. The number of allylic oxidation sites excluding steroid dienone is 2. The maximum Gasteiger partial charge on any atom is 0.668 e. The zero-order valence-corrected chi connectivity index (χ0v) is 19.5. The third-order valence-corrected chi connectivity index (χ3v) is 5.77. The normalized spacial score (nSPS) is 15.5. The molecule has 3 aromatic rings. The fourth-order valence-electron chi connectivity index (χ4n) is 3.03. The fourth-order valence-corrected chi connectivity index (χ4v) is 4.09. The molecular formula is C26H20N3O5P. The lowest BCUT2D eigenvalue weighted by Gasteiger charge is -2.17. The van der Waals surface area contributed by atoms with E-state index in [0.717, 1.165) is 0 Å². The lowest BCUT2D eigenvalue weighted by atomic mass is 10.0. The van der Waals surface area contributed by atoms with Crippen LogP contribution in [-0.4, -0.2) is 18.7 Å². The van der Waals surface area contributed by atoms with Crippen LogP contribution in [0.3, 0.4) is 0 Å². The zero-order valence-electron chi connectivity index (χ0n) is 18.6. The van der Waals surface area contributed by atoms with Crippen molar-refractivity contribution in [2.45, 2.75) is 0 Å². The summed E-state index contributed by atoms with van der Waals surface area (Å²) in [5, 5.41) is 13.6. The predicted molar refractivity (Wildman–Crippen MR) is 133 cm³/mol. The van der Waals surface area contributed by atoms with Gasteiger partial charge in [0.25, 0.3) is 0 Å². The number of dihydropyridines is 1. The van der Waals surface area contributed by atoms with E-state index in [9.17, 15) is 9.83 Å². The number of hydrogen-bond donors (Lipinski definition) is 0.